The van der Waals surface area contributed by atoms with Crippen molar-refractivity contribution < 1.29 is 0 Å². The zero-order valence-corrected chi connectivity index (χ0v) is 16.9. The Morgan fingerprint density at radius 1 is 0.857 bits per heavy atom. The van der Waals surface area contributed by atoms with E-state index < -0.39 is 0 Å². The smallest absolute Gasteiger partial charge is 0.136 e. The van der Waals surface area contributed by atoms with Crippen LogP contribution in [0.25, 0.3) is 0 Å². The van der Waals surface area contributed by atoms with Crippen molar-refractivity contribution in [1.29, 1.82) is 0 Å². The second kappa shape index (κ2) is 8.07. The van der Waals surface area contributed by atoms with Crippen molar-refractivity contribution in [3.05, 3.63) is 71.0 Å². The van der Waals surface area contributed by atoms with Crippen LogP contribution in [0.5, 0.6) is 0 Å². The molecule has 1 aliphatic rings. The first-order chi connectivity index (χ1) is 13.6. The molecule has 2 heterocycles. The van der Waals surface area contributed by atoms with E-state index in [1.54, 1.807) is 0 Å². The third kappa shape index (κ3) is 4.37. The van der Waals surface area contributed by atoms with Crippen LogP contribution in [0.4, 0.5) is 23.0 Å². The summed E-state index contributed by atoms with van der Waals surface area (Å²) in [6.45, 7) is 7.71. The van der Waals surface area contributed by atoms with Crippen molar-refractivity contribution in [1.82, 2.24) is 9.97 Å². The predicted molar refractivity (Wildman–Crippen MR) is 117 cm³/mol. The normalized spacial score (nSPS) is 14.2. The molecule has 0 atom stereocenters. The molecule has 6 heteroatoms. The van der Waals surface area contributed by atoms with Gasteiger partial charge in [0, 0.05) is 48.6 Å². The van der Waals surface area contributed by atoms with Gasteiger partial charge in [-0.3, -0.25) is 0 Å². The first-order valence-corrected chi connectivity index (χ1v) is 9.89. The van der Waals surface area contributed by atoms with Gasteiger partial charge in [0.1, 0.15) is 17.5 Å². The fourth-order valence-corrected chi connectivity index (χ4v) is 3.70. The van der Waals surface area contributed by atoms with E-state index in [9.17, 15) is 0 Å². The lowest BCUT2D eigenvalue weighted by atomic mass is 10.2. The summed E-state index contributed by atoms with van der Waals surface area (Å²) in [7, 11) is 0. The molecule has 0 radical (unpaired) electrons. The van der Waals surface area contributed by atoms with E-state index in [2.05, 4.69) is 50.2 Å². The van der Waals surface area contributed by atoms with Gasteiger partial charge in [0.15, 0.2) is 0 Å². The lowest BCUT2D eigenvalue weighted by molar-refractivity contribution is 0.646. The minimum absolute atomic E-state index is 0.768. The molecule has 4 rings (SSSR count). The molecule has 1 saturated heterocycles. The van der Waals surface area contributed by atoms with Crippen LogP contribution >= 0.6 is 11.6 Å². The van der Waals surface area contributed by atoms with Crippen LogP contribution in [0, 0.1) is 13.8 Å². The summed E-state index contributed by atoms with van der Waals surface area (Å²) in [4.78, 5) is 13.9. The third-order valence-electron chi connectivity index (χ3n) is 4.89. The Balaban J connectivity index is 1.47. The van der Waals surface area contributed by atoms with Crippen LogP contribution in [0.3, 0.4) is 0 Å². The fourth-order valence-electron chi connectivity index (χ4n) is 3.52. The van der Waals surface area contributed by atoms with E-state index in [0.717, 1.165) is 54.3 Å². The zero-order chi connectivity index (χ0) is 19.5. The van der Waals surface area contributed by atoms with Crippen molar-refractivity contribution in [2.45, 2.75) is 13.8 Å². The van der Waals surface area contributed by atoms with E-state index in [0.29, 0.717) is 0 Å². The van der Waals surface area contributed by atoms with Gasteiger partial charge in [0.25, 0.3) is 0 Å². The summed E-state index contributed by atoms with van der Waals surface area (Å²) in [6, 6.07) is 18.4. The lowest BCUT2D eigenvalue weighted by Crippen LogP contribution is -2.46. The number of halogens is 1. The summed E-state index contributed by atoms with van der Waals surface area (Å²) in [5.74, 6) is 2.56. The van der Waals surface area contributed by atoms with Gasteiger partial charge in [0.05, 0.1) is 0 Å². The third-order valence-corrected chi connectivity index (χ3v) is 5.13. The summed E-state index contributed by atoms with van der Waals surface area (Å²) in [5.41, 5.74) is 3.43. The molecule has 0 spiro atoms. The molecule has 5 nitrogen and oxygen atoms in total. The molecular formula is C22H24ClN5. The summed E-state index contributed by atoms with van der Waals surface area (Å²) in [6.07, 6.45) is 0. The number of aromatic nitrogens is 2. The monoisotopic (exact) mass is 393 g/mol. The molecule has 1 fully saturated rings. The van der Waals surface area contributed by atoms with Gasteiger partial charge in [-0.05, 0) is 49.7 Å². The highest BCUT2D eigenvalue weighted by molar-refractivity contribution is 6.30. The number of aryl methyl sites for hydroxylation is 2. The standard InChI is InChI=1S/C22H24ClN5/c1-16-5-3-7-19(13-16)26-21-15-22(25-17(2)24-21)28-11-9-27(10-12-28)20-8-4-6-18(23)14-20/h3-8,13-15H,9-12H2,1-2H3,(H,24,25,26). The summed E-state index contributed by atoms with van der Waals surface area (Å²) in [5, 5.41) is 4.18. The highest BCUT2D eigenvalue weighted by atomic mass is 35.5. The second-order valence-electron chi connectivity index (χ2n) is 7.11. The molecular weight excluding hydrogens is 370 g/mol. The summed E-state index contributed by atoms with van der Waals surface area (Å²) >= 11 is 6.14. The number of piperazine rings is 1. The number of anilines is 4. The van der Waals surface area contributed by atoms with Crippen molar-refractivity contribution in [3.8, 4) is 0 Å². The minimum atomic E-state index is 0.768. The molecule has 0 amide bonds. The molecule has 0 bridgehead atoms. The number of rotatable bonds is 4. The SMILES string of the molecule is Cc1cccc(Nc2cc(N3CCN(c4cccc(Cl)c4)CC3)nc(C)n2)c1. The largest absolute Gasteiger partial charge is 0.368 e. The van der Waals surface area contributed by atoms with Crippen molar-refractivity contribution in [2.75, 3.05) is 41.3 Å². The molecule has 2 aromatic carbocycles. The van der Waals surface area contributed by atoms with Crippen LogP contribution in [-0.2, 0) is 0 Å². The van der Waals surface area contributed by atoms with Gasteiger partial charge in [0.2, 0.25) is 0 Å². The molecule has 1 aliphatic heterocycles. The zero-order valence-electron chi connectivity index (χ0n) is 16.2. The summed E-state index contributed by atoms with van der Waals surface area (Å²) < 4.78 is 0. The van der Waals surface area contributed by atoms with Crippen molar-refractivity contribution in [3.63, 3.8) is 0 Å². The number of nitrogens with zero attached hydrogens (tertiary/aromatic N) is 4. The Hall–Kier alpha value is -2.79. The van der Waals surface area contributed by atoms with Crippen LogP contribution in [0.15, 0.2) is 54.6 Å². The predicted octanol–water partition coefficient (Wildman–Crippen LogP) is 4.82. The van der Waals surface area contributed by atoms with Gasteiger partial charge in [-0.25, -0.2) is 9.97 Å². The first-order valence-electron chi connectivity index (χ1n) is 9.52. The highest BCUT2D eigenvalue weighted by Crippen LogP contribution is 2.24. The molecule has 0 unspecified atom stereocenters. The highest BCUT2D eigenvalue weighted by Gasteiger charge is 2.19. The average molecular weight is 394 g/mol. The maximum absolute atomic E-state index is 6.14. The maximum atomic E-state index is 6.14. The quantitative estimate of drug-likeness (QED) is 0.688. The Bertz CT molecular complexity index is 967. The van der Waals surface area contributed by atoms with E-state index >= 15 is 0 Å². The van der Waals surface area contributed by atoms with Crippen molar-refractivity contribution >= 4 is 34.6 Å². The molecule has 0 saturated carbocycles. The number of hydrogen-bond acceptors (Lipinski definition) is 5. The maximum Gasteiger partial charge on any atom is 0.136 e. The minimum Gasteiger partial charge on any atom is -0.368 e. The number of nitrogens with one attached hydrogen (secondary N) is 1. The molecule has 3 aromatic rings. The first kappa shape index (κ1) is 18.6. The van der Waals surface area contributed by atoms with Gasteiger partial charge in [-0.15, -0.1) is 0 Å². The van der Waals surface area contributed by atoms with E-state index in [1.807, 2.05) is 43.3 Å². The molecule has 144 valence electrons. The average Bonchev–Trinajstić information content (AvgIpc) is 2.68. The van der Waals surface area contributed by atoms with Crippen LogP contribution in [-0.4, -0.2) is 36.1 Å². The van der Waals surface area contributed by atoms with E-state index in [4.69, 9.17) is 11.6 Å². The molecule has 1 N–H and O–H groups in total. The Morgan fingerprint density at radius 3 is 2.36 bits per heavy atom. The van der Waals surface area contributed by atoms with E-state index in [1.165, 1.54) is 11.3 Å². The number of benzene rings is 2. The second-order valence-corrected chi connectivity index (χ2v) is 7.54. The Labute approximate surface area is 171 Å². The van der Waals surface area contributed by atoms with Gasteiger partial charge >= 0.3 is 0 Å². The van der Waals surface area contributed by atoms with Gasteiger partial charge in [-0.2, -0.15) is 0 Å². The van der Waals surface area contributed by atoms with Crippen molar-refractivity contribution in [2.24, 2.45) is 0 Å². The van der Waals surface area contributed by atoms with Gasteiger partial charge in [-0.1, -0.05) is 29.8 Å². The molecule has 1 aromatic heterocycles. The Kier molecular flexibility index (Phi) is 5.35. The Morgan fingerprint density at radius 2 is 1.61 bits per heavy atom. The van der Waals surface area contributed by atoms with Gasteiger partial charge < -0.3 is 15.1 Å². The molecule has 0 aliphatic carbocycles. The fraction of sp³-hybridized carbons (Fsp3) is 0.273. The van der Waals surface area contributed by atoms with Crippen LogP contribution < -0.4 is 15.1 Å². The lowest BCUT2D eigenvalue weighted by Gasteiger charge is -2.37. The molecule has 28 heavy (non-hydrogen) atoms. The topological polar surface area (TPSA) is 44.3 Å². The van der Waals surface area contributed by atoms with E-state index in [-0.39, 0.29) is 0 Å². The number of hydrogen-bond donors (Lipinski definition) is 1. The van der Waals surface area contributed by atoms with Crippen LogP contribution in [0.1, 0.15) is 11.4 Å². The van der Waals surface area contributed by atoms with Crippen LogP contribution in [0.2, 0.25) is 5.02 Å².